The zero-order valence-corrected chi connectivity index (χ0v) is 20.8. The summed E-state index contributed by atoms with van der Waals surface area (Å²) in [6.07, 6.45) is 11.1. The average molecular weight is 451 g/mol. The van der Waals surface area contributed by atoms with E-state index in [4.69, 9.17) is 5.26 Å². The van der Waals surface area contributed by atoms with Crippen molar-refractivity contribution >= 4 is 0 Å². The third-order valence-electron chi connectivity index (χ3n) is 10.9. The van der Waals surface area contributed by atoms with Gasteiger partial charge in [0.15, 0.2) is 0 Å². The van der Waals surface area contributed by atoms with Crippen LogP contribution >= 0.6 is 0 Å². The van der Waals surface area contributed by atoms with Crippen LogP contribution in [0.5, 0.6) is 0 Å². The van der Waals surface area contributed by atoms with Gasteiger partial charge in [-0.2, -0.15) is 0 Å². The second kappa shape index (κ2) is 8.34. The van der Waals surface area contributed by atoms with E-state index < -0.39 is 23.4 Å². The zero-order chi connectivity index (χ0) is 23.5. The van der Waals surface area contributed by atoms with E-state index in [1.54, 1.807) is 0 Å². The normalized spacial score (nSPS) is 50.0. The molecule has 0 aromatic heterocycles. The van der Waals surface area contributed by atoms with E-state index in [0.717, 1.165) is 25.7 Å². The Balaban J connectivity index is 1.52. The van der Waals surface area contributed by atoms with E-state index in [9.17, 15) is 15.3 Å². The molecule has 0 radical (unpaired) electrons. The molecule has 0 amide bonds. The highest BCUT2D eigenvalue weighted by Crippen LogP contribution is 2.69. The molecule has 10 atom stereocenters. The number of hydrogen-bond acceptors (Lipinski definition) is 5. The predicted molar refractivity (Wildman–Crippen MR) is 125 cm³/mol. The third kappa shape index (κ3) is 3.71. The van der Waals surface area contributed by atoms with Crippen molar-refractivity contribution in [2.45, 2.75) is 116 Å². The Morgan fingerprint density at radius 1 is 1.06 bits per heavy atom. The highest BCUT2D eigenvalue weighted by molar-refractivity contribution is 5.17. The van der Waals surface area contributed by atoms with Gasteiger partial charge in [-0.25, -0.2) is 4.89 Å². The molecule has 0 spiro atoms. The van der Waals surface area contributed by atoms with Crippen LogP contribution in [0.2, 0.25) is 0 Å². The molecule has 4 N–H and O–H groups in total. The van der Waals surface area contributed by atoms with Crippen LogP contribution in [0.4, 0.5) is 0 Å². The molecule has 0 aromatic carbocycles. The summed E-state index contributed by atoms with van der Waals surface area (Å²) >= 11 is 0. The van der Waals surface area contributed by atoms with Crippen LogP contribution < -0.4 is 0 Å². The fourth-order valence-electron chi connectivity index (χ4n) is 9.00. The fraction of sp³-hybridized carbons (Fsp3) is 0.926. The van der Waals surface area contributed by atoms with Crippen molar-refractivity contribution in [3.05, 3.63) is 12.2 Å². The lowest BCUT2D eigenvalue weighted by atomic mass is 9.42. The lowest BCUT2D eigenvalue weighted by Gasteiger charge is -2.65. The first-order valence-electron chi connectivity index (χ1n) is 13.0. The molecule has 0 aliphatic heterocycles. The highest BCUT2D eigenvalue weighted by Gasteiger charge is 2.67. The van der Waals surface area contributed by atoms with Gasteiger partial charge in [0, 0.05) is 11.8 Å². The molecule has 0 unspecified atom stereocenters. The quantitative estimate of drug-likeness (QED) is 0.270. The van der Waals surface area contributed by atoms with Crippen molar-refractivity contribution in [3.8, 4) is 0 Å². The van der Waals surface area contributed by atoms with Crippen LogP contribution in [-0.4, -0.2) is 44.0 Å². The van der Waals surface area contributed by atoms with Gasteiger partial charge >= 0.3 is 0 Å². The topological polar surface area (TPSA) is 90.2 Å². The van der Waals surface area contributed by atoms with Crippen LogP contribution in [0.3, 0.4) is 0 Å². The Labute approximate surface area is 194 Å². The monoisotopic (exact) mass is 450 g/mol. The van der Waals surface area contributed by atoms with Gasteiger partial charge in [-0.3, -0.25) is 5.26 Å². The Bertz CT molecular complexity index is 721. The number of allylic oxidation sites excluding steroid dienone is 1. The number of aliphatic hydroxyl groups is 3. The van der Waals surface area contributed by atoms with Crippen molar-refractivity contribution in [2.24, 2.45) is 40.4 Å². The molecule has 4 saturated carbocycles. The smallest absolute Gasteiger partial charge is 0.116 e. The van der Waals surface area contributed by atoms with Gasteiger partial charge in [-0.1, -0.05) is 32.9 Å². The van der Waals surface area contributed by atoms with Crippen LogP contribution in [0, 0.1) is 40.4 Å². The van der Waals surface area contributed by atoms with Crippen LogP contribution in [0.1, 0.15) is 92.4 Å². The molecule has 0 bridgehead atoms. The minimum Gasteiger partial charge on any atom is -0.393 e. The Kier molecular flexibility index (Phi) is 6.42. The van der Waals surface area contributed by atoms with Gasteiger partial charge in [0.05, 0.1) is 17.8 Å². The van der Waals surface area contributed by atoms with Crippen LogP contribution in [-0.2, 0) is 4.89 Å². The summed E-state index contributed by atoms with van der Waals surface area (Å²) in [5.74, 6) is 2.68. The van der Waals surface area contributed by atoms with E-state index in [0.29, 0.717) is 42.4 Å². The summed E-state index contributed by atoms with van der Waals surface area (Å²) in [7, 11) is 0. The fourth-order valence-corrected chi connectivity index (χ4v) is 9.00. The maximum absolute atomic E-state index is 11.6. The molecule has 4 fully saturated rings. The maximum atomic E-state index is 11.6. The molecule has 5 nitrogen and oxygen atoms in total. The predicted octanol–water partition coefficient (Wildman–Crippen LogP) is 4.94. The van der Waals surface area contributed by atoms with Gasteiger partial charge < -0.3 is 15.3 Å². The summed E-state index contributed by atoms with van der Waals surface area (Å²) in [6.45, 7) is 10.8. The third-order valence-corrected chi connectivity index (χ3v) is 10.9. The van der Waals surface area contributed by atoms with E-state index in [1.165, 1.54) is 19.3 Å². The molecule has 0 heterocycles. The van der Waals surface area contributed by atoms with E-state index in [-0.39, 0.29) is 10.8 Å². The summed E-state index contributed by atoms with van der Waals surface area (Å²) in [5.41, 5.74) is -1.84. The molecule has 32 heavy (non-hydrogen) atoms. The Morgan fingerprint density at radius 2 is 1.78 bits per heavy atom. The lowest BCUT2D eigenvalue weighted by Crippen LogP contribution is -2.68. The first-order valence-corrected chi connectivity index (χ1v) is 13.0. The van der Waals surface area contributed by atoms with E-state index >= 15 is 0 Å². The molecular weight excluding hydrogens is 404 g/mol. The number of hydrogen-bond donors (Lipinski definition) is 4. The summed E-state index contributed by atoms with van der Waals surface area (Å²) in [5, 5.41) is 42.1. The minimum atomic E-state index is -1.16. The molecule has 4 aliphatic carbocycles. The maximum Gasteiger partial charge on any atom is 0.116 e. The number of rotatable bonds is 5. The SMILES string of the molecule is C[C@H](CC=CC(C)(C)OO)[C@H]1CC[C@H]2[C@@H]3C[C@@H](O)[C@@]4(O)C[C@@H](O)CC[C@]4(C)[C@H]3CC[C@]12C. The van der Waals surface area contributed by atoms with Gasteiger partial charge in [0.1, 0.15) is 5.60 Å². The molecule has 0 saturated heterocycles. The second-order valence-corrected chi connectivity index (χ2v) is 12.9. The first-order chi connectivity index (χ1) is 14.9. The second-order valence-electron chi connectivity index (χ2n) is 12.9. The van der Waals surface area contributed by atoms with Crippen LogP contribution in [0.25, 0.3) is 0 Å². The highest BCUT2D eigenvalue weighted by atomic mass is 17.1. The molecule has 4 aliphatic rings. The molecule has 0 aromatic rings. The summed E-state index contributed by atoms with van der Waals surface area (Å²) < 4.78 is 0. The lowest BCUT2D eigenvalue weighted by molar-refractivity contribution is -0.297. The van der Waals surface area contributed by atoms with Gasteiger partial charge in [-0.15, -0.1) is 0 Å². The number of aliphatic hydroxyl groups excluding tert-OH is 2. The number of fused-ring (bicyclic) bond motifs is 5. The van der Waals surface area contributed by atoms with Crippen molar-refractivity contribution in [2.75, 3.05) is 0 Å². The van der Waals surface area contributed by atoms with Gasteiger partial charge in [0.25, 0.3) is 0 Å². The minimum absolute atomic E-state index is 0.275. The van der Waals surface area contributed by atoms with Crippen LogP contribution in [0.15, 0.2) is 12.2 Å². The Morgan fingerprint density at radius 3 is 2.47 bits per heavy atom. The molecule has 184 valence electrons. The summed E-state index contributed by atoms with van der Waals surface area (Å²) in [6, 6.07) is 0. The average Bonchev–Trinajstić information content (AvgIpc) is 3.08. The molecule has 5 heteroatoms. The Hall–Kier alpha value is -0.460. The standard InChI is InChI=1S/C27H46O5/c1-17(7-6-12-24(2,3)32-31)20-8-9-21-19-15-23(29)27(30)16-18(28)10-14-26(27,5)22(19)11-13-25(20,21)4/h6,12,17-23,28-31H,7-11,13-16H2,1-5H3/t17-,18+,19+,20-,21+,22+,23-,25-,26-,27+/m1/s1. The zero-order valence-electron chi connectivity index (χ0n) is 20.8. The van der Waals surface area contributed by atoms with Crippen molar-refractivity contribution in [1.29, 1.82) is 0 Å². The van der Waals surface area contributed by atoms with Crippen molar-refractivity contribution in [3.63, 3.8) is 0 Å². The molecular formula is C27H46O5. The largest absolute Gasteiger partial charge is 0.393 e. The van der Waals surface area contributed by atoms with Gasteiger partial charge in [0.2, 0.25) is 0 Å². The van der Waals surface area contributed by atoms with E-state index in [1.807, 2.05) is 19.9 Å². The van der Waals surface area contributed by atoms with Gasteiger partial charge in [-0.05, 0) is 100 Å². The molecule has 4 rings (SSSR count). The van der Waals surface area contributed by atoms with Crippen molar-refractivity contribution < 1.29 is 25.5 Å². The van der Waals surface area contributed by atoms with E-state index in [2.05, 4.69) is 31.7 Å². The summed E-state index contributed by atoms with van der Waals surface area (Å²) in [4.78, 5) is 4.54. The first kappa shape index (κ1) is 24.7. The van der Waals surface area contributed by atoms with Crippen molar-refractivity contribution in [1.82, 2.24) is 0 Å².